The molecule has 0 spiro atoms. The molecule has 2 heterocycles. The van der Waals surface area contributed by atoms with Crippen LogP contribution in [0.25, 0.3) is 99.5 Å². The lowest BCUT2D eigenvalue weighted by molar-refractivity contribution is 0.670. The van der Waals surface area contributed by atoms with Crippen LogP contribution in [0.1, 0.15) is 0 Å². The summed E-state index contributed by atoms with van der Waals surface area (Å²) in [6.45, 7) is 0. The Labute approximate surface area is 282 Å². The molecule has 0 saturated carbocycles. The van der Waals surface area contributed by atoms with Crippen LogP contribution < -0.4 is 0 Å². The number of rotatable bonds is 4. The van der Waals surface area contributed by atoms with Gasteiger partial charge in [0, 0.05) is 21.9 Å². The van der Waals surface area contributed by atoms with Crippen LogP contribution in [0, 0.1) is 0 Å². The Kier molecular flexibility index (Phi) is 6.15. The van der Waals surface area contributed by atoms with Crippen LogP contribution in [0.15, 0.2) is 168 Å². The molecule has 0 amide bonds. The first-order valence-corrected chi connectivity index (χ1v) is 16.4. The van der Waals surface area contributed by atoms with Crippen molar-refractivity contribution in [1.29, 1.82) is 0 Å². The van der Waals surface area contributed by atoms with Gasteiger partial charge >= 0.3 is 0 Å². The molecule has 2 aromatic heterocycles. The number of fused-ring (bicyclic) bond motifs is 7. The van der Waals surface area contributed by atoms with Gasteiger partial charge in [0.2, 0.25) is 0 Å². The highest BCUT2D eigenvalue weighted by Crippen LogP contribution is 2.43. The van der Waals surface area contributed by atoms with Gasteiger partial charge in [0.25, 0.3) is 0 Å². The Bertz CT molecular complexity index is 2870. The van der Waals surface area contributed by atoms with Crippen molar-refractivity contribution in [2.45, 2.75) is 0 Å². The average molecular weight is 626 g/mol. The number of hydrogen-bond acceptors (Lipinski definition) is 4. The molecule has 0 bridgehead atoms. The second-order valence-electron chi connectivity index (χ2n) is 12.4. The van der Waals surface area contributed by atoms with Crippen molar-refractivity contribution in [2.24, 2.45) is 0 Å². The van der Waals surface area contributed by atoms with Gasteiger partial charge in [-0.15, -0.1) is 0 Å². The van der Waals surface area contributed by atoms with Gasteiger partial charge in [-0.1, -0.05) is 146 Å². The van der Waals surface area contributed by atoms with Gasteiger partial charge in [-0.05, 0) is 61.6 Å². The van der Waals surface area contributed by atoms with Crippen molar-refractivity contribution in [3.63, 3.8) is 0 Å². The van der Waals surface area contributed by atoms with Crippen LogP contribution in [0.4, 0.5) is 0 Å². The van der Waals surface area contributed by atoms with Gasteiger partial charge in [-0.2, -0.15) is 0 Å². The Hall–Kier alpha value is -6.65. The van der Waals surface area contributed by atoms with Gasteiger partial charge in [-0.25, -0.2) is 15.0 Å². The largest absolute Gasteiger partial charge is 0.455 e. The number of benzene rings is 8. The number of aromatic nitrogens is 3. The number of hydrogen-bond donors (Lipinski definition) is 0. The molecule has 0 unspecified atom stereocenters. The summed E-state index contributed by atoms with van der Waals surface area (Å²) in [6, 6.07) is 56.9. The molecule has 4 heteroatoms. The Morgan fingerprint density at radius 3 is 1.71 bits per heavy atom. The van der Waals surface area contributed by atoms with Crippen LogP contribution in [-0.2, 0) is 0 Å². The highest BCUT2D eigenvalue weighted by atomic mass is 16.3. The Morgan fingerprint density at radius 2 is 0.918 bits per heavy atom. The van der Waals surface area contributed by atoms with Crippen LogP contribution in [0.2, 0.25) is 0 Å². The normalized spacial score (nSPS) is 11.7. The number of furan rings is 1. The fourth-order valence-electron chi connectivity index (χ4n) is 7.08. The van der Waals surface area contributed by atoms with Crippen LogP contribution in [0.5, 0.6) is 0 Å². The quantitative estimate of drug-likeness (QED) is 0.195. The van der Waals surface area contributed by atoms with E-state index in [1.54, 1.807) is 0 Å². The minimum absolute atomic E-state index is 0.577. The third kappa shape index (κ3) is 4.57. The lowest BCUT2D eigenvalue weighted by atomic mass is 9.97. The molecular formula is C45H27N3O. The molecule has 0 N–H and O–H groups in total. The molecule has 228 valence electrons. The van der Waals surface area contributed by atoms with Crippen LogP contribution >= 0.6 is 0 Å². The summed E-state index contributed by atoms with van der Waals surface area (Å²) < 4.78 is 6.74. The van der Waals surface area contributed by atoms with E-state index in [4.69, 9.17) is 19.4 Å². The van der Waals surface area contributed by atoms with E-state index >= 15 is 0 Å². The smallest absolute Gasteiger partial charge is 0.168 e. The second kappa shape index (κ2) is 11.0. The summed E-state index contributed by atoms with van der Waals surface area (Å²) in [6.07, 6.45) is 0. The zero-order valence-corrected chi connectivity index (χ0v) is 26.3. The molecule has 0 radical (unpaired) electrons. The molecular weight excluding hydrogens is 599 g/mol. The highest BCUT2D eigenvalue weighted by molar-refractivity contribution is 6.24. The Morgan fingerprint density at radius 1 is 0.347 bits per heavy atom. The Balaban J connectivity index is 1.20. The van der Waals surface area contributed by atoms with Crippen molar-refractivity contribution in [1.82, 2.24) is 15.0 Å². The van der Waals surface area contributed by atoms with Crippen molar-refractivity contribution in [3.05, 3.63) is 164 Å². The predicted molar refractivity (Wildman–Crippen MR) is 201 cm³/mol. The molecule has 0 aliphatic carbocycles. The van der Waals surface area contributed by atoms with Gasteiger partial charge in [0.05, 0.1) is 5.56 Å². The third-order valence-electron chi connectivity index (χ3n) is 9.49. The summed E-state index contributed by atoms with van der Waals surface area (Å²) in [5.41, 5.74) is 6.62. The molecule has 4 nitrogen and oxygen atoms in total. The monoisotopic (exact) mass is 625 g/mol. The maximum Gasteiger partial charge on any atom is 0.168 e. The van der Waals surface area contributed by atoms with Crippen molar-refractivity contribution in [3.8, 4) is 45.3 Å². The van der Waals surface area contributed by atoms with Crippen LogP contribution in [-0.4, -0.2) is 15.0 Å². The zero-order chi connectivity index (χ0) is 32.3. The van der Waals surface area contributed by atoms with E-state index in [9.17, 15) is 0 Å². The lowest BCUT2D eigenvalue weighted by Gasteiger charge is -2.11. The first-order chi connectivity index (χ1) is 24.3. The minimum atomic E-state index is 0.577. The maximum absolute atomic E-state index is 6.74. The lowest BCUT2D eigenvalue weighted by Crippen LogP contribution is -2.01. The van der Waals surface area contributed by atoms with E-state index in [1.165, 1.54) is 21.7 Å². The molecule has 0 saturated heterocycles. The van der Waals surface area contributed by atoms with E-state index in [2.05, 4.69) is 133 Å². The second-order valence-corrected chi connectivity index (χ2v) is 12.4. The highest BCUT2D eigenvalue weighted by Gasteiger charge is 2.22. The van der Waals surface area contributed by atoms with E-state index in [0.717, 1.165) is 60.4 Å². The van der Waals surface area contributed by atoms with E-state index in [1.807, 2.05) is 30.3 Å². The molecule has 0 aliphatic heterocycles. The molecule has 8 aromatic carbocycles. The van der Waals surface area contributed by atoms with Gasteiger partial charge < -0.3 is 4.42 Å². The zero-order valence-electron chi connectivity index (χ0n) is 26.3. The first-order valence-electron chi connectivity index (χ1n) is 16.4. The average Bonchev–Trinajstić information content (AvgIpc) is 3.55. The topological polar surface area (TPSA) is 51.8 Å². The van der Waals surface area contributed by atoms with Crippen molar-refractivity contribution >= 4 is 54.3 Å². The standard InChI is InChI=1S/C45H27N3O/c1-2-12-31(13-3-1)43-46-44(32-21-18-29(19-22-32)34-23-20-28-10-4-5-14-33(28)26-34)48-45(47-43)41-37-17-9-7-15-35(37)27-38-40-36-16-8-6-11-30(36)24-25-39(40)49-42(38)41/h1-27H. The summed E-state index contributed by atoms with van der Waals surface area (Å²) >= 11 is 0. The molecule has 10 aromatic rings. The van der Waals surface area contributed by atoms with Gasteiger partial charge in [0.15, 0.2) is 17.5 Å². The maximum atomic E-state index is 6.74. The predicted octanol–water partition coefficient (Wildman–Crippen LogP) is 11.9. The third-order valence-corrected chi connectivity index (χ3v) is 9.49. The van der Waals surface area contributed by atoms with Crippen molar-refractivity contribution in [2.75, 3.05) is 0 Å². The number of nitrogens with zero attached hydrogens (tertiary/aromatic N) is 3. The van der Waals surface area contributed by atoms with Gasteiger partial charge in [-0.3, -0.25) is 0 Å². The molecule has 0 fully saturated rings. The van der Waals surface area contributed by atoms with E-state index < -0.39 is 0 Å². The van der Waals surface area contributed by atoms with E-state index in [0.29, 0.717) is 17.5 Å². The van der Waals surface area contributed by atoms with Crippen LogP contribution in [0.3, 0.4) is 0 Å². The fourth-order valence-corrected chi connectivity index (χ4v) is 7.08. The summed E-state index contributed by atoms with van der Waals surface area (Å²) in [5, 5.41) is 9.06. The molecule has 0 aliphatic rings. The first kappa shape index (κ1) is 27.5. The summed E-state index contributed by atoms with van der Waals surface area (Å²) in [7, 11) is 0. The van der Waals surface area contributed by atoms with Gasteiger partial charge in [0.1, 0.15) is 11.2 Å². The molecule has 0 atom stereocenters. The molecule has 49 heavy (non-hydrogen) atoms. The molecule has 10 rings (SSSR count). The summed E-state index contributed by atoms with van der Waals surface area (Å²) in [5.74, 6) is 1.80. The summed E-state index contributed by atoms with van der Waals surface area (Å²) in [4.78, 5) is 15.4. The minimum Gasteiger partial charge on any atom is -0.455 e. The SMILES string of the molecule is c1ccc(-c2nc(-c3ccc(-c4ccc5ccccc5c4)cc3)nc(-c3c4ccccc4cc4c3oc3ccc5ccccc5c34)n2)cc1. The fraction of sp³-hybridized carbons (Fsp3) is 0. The van der Waals surface area contributed by atoms with E-state index in [-0.39, 0.29) is 0 Å². The van der Waals surface area contributed by atoms with Crippen molar-refractivity contribution < 1.29 is 4.42 Å².